The molecule has 0 spiro atoms. The smallest absolute Gasteiger partial charge is 0.0342 e. The van der Waals surface area contributed by atoms with Crippen molar-refractivity contribution in [1.82, 2.24) is 0 Å². The average molecular weight is 161 g/mol. The number of nitrogens with one attached hydrogen (secondary N) is 1. The van der Waals surface area contributed by atoms with E-state index in [0.717, 1.165) is 6.21 Å². The van der Waals surface area contributed by atoms with Crippen LogP contribution in [0.15, 0.2) is 29.4 Å². The van der Waals surface area contributed by atoms with Crippen molar-refractivity contribution in [2.75, 3.05) is 5.73 Å². The molecule has 0 amide bonds. The lowest BCUT2D eigenvalue weighted by atomic mass is 10.3. The second-order valence-electron chi connectivity index (χ2n) is 2.13. The fourth-order valence-electron chi connectivity index (χ4n) is 0.720. The molecule has 1 aromatic carbocycles. The van der Waals surface area contributed by atoms with Crippen molar-refractivity contribution >= 4 is 23.8 Å². The van der Waals surface area contributed by atoms with E-state index in [9.17, 15) is 0 Å². The number of anilines is 1. The van der Waals surface area contributed by atoms with E-state index in [1.807, 2.05) is 0 Å². The van der Waals surface area contributed by atoms with E-state index >= 15 is 0 Å². The quantitative estimate of drug-likeness (QED) is 0.396. The number of nitrogens with two attached hydrogens (primary N) is 1. The molecular formula is C8H9N4-. The molecule has 0 saturated heterocycles. The van der Waals surface area contributed by atoms with E-state index in [2.05, 4.69) is 10.5 Å². The summed E-state index contributed by atoms with van der Waals surface area (Å²) in [6.45, 7) is 0. The Morgan fingerprint density at radius 1 is 1.50 bits per heavy atom. The largest absolute Gasteiger partial charge is 0.575 e. The van der Waals surface area contributed by atoms with Gasteiger partial charge in [0, 0.05) is 18.1 Å². The minimum atomic E-state index is 0.654. The van der Waals surface area contributed by atoms with Gasteiger partial charge in [0.25, 0.3) is 0 Å². The molecule has 3 N–H and O–H groups in total. The van der Waals surface area contributed by atoms with Gasteiger partial charge < -0.3 is 21.7 Å². The van der Waals surface area contributed by atoms with Gasteiger partial charge in [0.2, 0.25) is 0 Å². The molecule has 4 nitrogen and oxygen atoms in total. The number of nitrogen functional groups attached to an aromatic ring is 1. The molecule has 62 valence electrons. The Hall–Kier alpha value is -1.84. The van der Waals surface area contributed by atoms with Crippen molar-refractivity contribution in [3.63, 3.8) is 0 Å². The molecule has 0 heterocycles. The molecule has 0 aliphatic heterocycles. The molecule has 4 heteroatoms. The van der Waals surface area contributed by atoms with Gasteiger partial charge >= 0.3 is 0 Å². The van der Waals surface area contributed by atoms with Gasteiger partial charge in [0.05, 0.1) is 0 Å². The summed E-state index contributed by atoms with van der Waals surface area (Å²) in [5.74, 6) is 0. The van der Waals surface area contributed by atoms with Crippen LogP contribution in [0.2, 0.25) is 0 Å². The van der Waals surface area contributed by atoms with Gasteiger partial charge in [-0.15, -0.1) is 5.69 Å². The van der Waals surface area contributed by atoms with Crippen LogP contribution >= 0.6 is 0 Å². The second kappa shape index (κ2) is 4.12. The Kier molecular flexibility index (Phi) is 2.84. The standard InChI is InChI=1S/C8H9N4/c9-4-5-11-12-8-3-1-2-7(10)6-8/h1-6,9H,10H2/q-1/b9-4?,11-5-. The first-order chi connectivity index (χ1) is 5.83. The summed E-state index contributed by atoms with van der Waals surface area (Å²) >= 11 is 0. The Balaban J connectivity index is 2.63. The fraction of sp³-hybridized carbons (Fsp3) is 0. The van der Waals surface area contributed by atoms with Gasteiger partial charge in [-0.05, 0) is 6.07 Å². The van der Waals surface area contributed by atoms with Crippen LogP contribution in [-0.2, 0) is 0 Å². The molecule has 0 fully saturated rings. The molecule has 0 radical (unpaired) electrons. The number of hydrogen-bond acceptors (Lipinski definition) is 3. The first-order valence-electron chi connectivity index (χ1n) is 3.41. The summed E-state index contributed by atoms with van der Waals surface area (Å²) in [4.78, 5) is 0. The van der Waals surface area contributed by atoms with Crippen molar-refractivity contribution in [2.24, 2.45) is 5.10 Å². The third-order valence-electron chi connectivity index (χ3n) is 1.18. The second-order valence-corrected chi connectivity index (χ2v) is 2.13. The molecule has 0 unspecified atom stereocenters. The van der Waals surface area contributed by atoms with Gasteiger partial charge in [-0.1, -0.05) is 18.2 Å². The highest BCUT2D eigenvalue weighted by Gasteiger charge is 1.79. The van der Waals surface area contributed by atoms with Crippen molar-refractivity contribution in [3.8, 4) is 0 Å². The fourth-order valence-corrected chi connectivity index (χ4v) is 0.720. The minimum Gasteiger partial charge on any atom is -0.575 e. The summed E-state index contributed by atoms with van der Waals surface area (Å²) in [5.41, 5.74) is 10.6. The van der Waals surface area contributed by atoms with E-state index in [4.69, 9.17) is 11.1 Å². The maximum Gasteiger partial charge on any atom is 0.0342 e. The molecule has 0 saturated carbocycles. The summed E-state index contributed by atoms with van der Waals surface area (Å²) in [6.07, 6.45) is 2.36. The lowest BCUT2D eigenvalue weighted by molar-refractivity contribution is 1.47. The van der Waals surface area contributed by atoms with Gasteiger partial charge in [-0.3, -0.25) is 0 Å². The third-order valence-corrected chi connectivity index (χ3v) is 1.18. The first-order valence-corrected chi connectivity index (χ1v) is 3.41. The van der Waals surface area contributed by atoms with Crippen molar-refractivity contribution < 1.29 is 0 Å². The minimum absolute atomic E-state index is 0.654. The lowest BCUT2D eigenvalue weighted by Crippen LogP contribution is -1.81. The Labute approximate surface area is 70.6 Å². The SMILES string of the molecule is N=C/C=N\[N-]c1cccc(N)c1. The molecule has 12 heavy (non-hydrogen) atoms. The zero-order valence-electron chi connectivity index (χ0n) is 6.44. The zero-order chi connectivity index (χ0) is 8.81. The summed E-state index contributed by atoms with van der Waals surface area (Å²) < 4.78 is 0. The predicted octanol–water partition coefficient (Wildman–Crippen LogP) is 1.91. The normalized spacial score (nSPS) is 10.0. The highest BCUT2D eigenvalue weighted by atomic mass is 15.3. The summed E-state index contributed by atoms with van der Waals surface area (Å²) in [6, 6.07) is 7.08. The molecular weight excluding hydrogens is 152 g/mol. The van der Waals surface area contributed by atoms with E-state index < -0.39 is 0 Å². The average Bonchev–Trinajstić information content (AvgIpc) is 2.05. The molecule has 0 atom stereocenters. The van der Waals surface area contributed by atoms with E-state index in [1.165, 1.54) is 6.21 Å². The Morgan fingerprint density at radius 2 is 2.33 bits per heavy atom. The van der Waals surface area contributed by atoms with Crippen molar-refractivity contribution in [3.05, 3.63) is 29.7 Å². The Morgan fingerprint density at radius 3 is 3.00 bits per heavy atom. The third kappa shape index (κ3) is 2.42. The van der Waals surface area contributed by atoms with Crippen LogP contribution in [0.25, 0.3) is 5.43 Å². The predicted molar refractivity (Wildman–Crippen MR) is 51.1 cm³/mol. The van der Waals surface area contributed by atoms with Crippen LogP contribution in [0.5, 0.6) is 0 Å². The summed E-state index contributed by atoms with van der Waals surface area (Å²) in [7, 11) is 0. The maximum atomic E-state index is 6.65. The van der Waals surface area contributed by atoms with Crippen molar-refractivity contribution in [1.29, 1.82) is 5.41 Å². The van der Waals surface area contributed by atoms with Crippen LogP contribution in [0.4, 0.5) is 11.4 Å². The van der Waals surface area contributed by atoms with Crippen LogP contribution in [0.3, 0.4) is 0 Å². The highest BCUT2D eigenvalue weighted by Crippen LogP contribution is 2.19. The van der Waals surface area contributed by atoms with E-state index in [0.29, 0.717) is 11.4 Å². The maximum absolute atomic E-state index is 6.65. The van der Waals surface area contributed by atoms with Crippen molar-refractivity contribution in [2.45, 2.75) is 0 Å². The van der Waals surface area contributed by atoms with Gasteiger partial charge in [-0.2, -0.15) is 0 Å². The molecule has 1 aromatic rings. The molecule has 0 aliphatic carbocycles. The van der Waals surface area contributed by atoms with E-state index in [1.54, 1.807) is 24.3 Å². The molecule has 0 bridgehead atoms. The molecule has 1 rings (SSSR count). The number of rotatable bonds is 3. The van der Waals surface area contributed by atoms with Gasteiger partial charge in [0.1, 0.15) is 0 Å². The zero-order valence-corrected chi connectivity index (χ0v) is 6.44. The van der Waals surface area contributed by atoms with Crippen LogP contribution < -0.4 is 5.73 Å². The molecule has 0 aliphatic rings. The Bertz CT molecular complexity index is 293. The topological polar surface area (TPSA) is 76.3 Å². The number of benzene rings is 1. The van der Waals surface area contributed by atoms with E-state index in [-0.39, 0.29) is 0 Å². The van der Waals surface area contributed by atoms with Gasteiger partial charge in [-0.25, -0.2) is 0 Å². The van der Waals surface area contributed by atoms with Gasteiger partial charge in [0.15, 0.2) is 0 Å². The number of nitrogens with zero attached hydrogens (tertiary/aromatic N) is 2. The van der Waals surface area contributed by atoms with Crippen LogP contribution in [0, 0.1) is 5.41 Å². The van der Waals surface area contributed by atoms with Crippen LogP contribution in [-0.4, -0.2) is 12.4 Å². The van der Waals surface area contributed by atoms with Crippen LogP contribution in [0.1, 0.15) is 0 Å². The highest BCUT2D eigenvalue weighted by molar-refractivity contribution is 6.14. The molecule has 0 aromatic heterocycles. The summed E-state index contributed by atoms with van der Waals surface area (Å²) in [5, 5.41) is 10.3. The first kappa shape index (κ1) is 8.26. The lowest BCUT2D eigenvalue weighted by Gasteiger charge is -2.14. The number of hydrogen-bond donors (Lipinski definition) is 2. The monoisotopic (exact) mass is 161 g/mol.